The highest BCUT2D eigenvalue weighted by molar-refractivity contribution is 8.26. The van der Waals surface area contributed by atoms with Gasteiger partial charge in [0.1, 0.15) is 15.8 Å². The molecular weight excluding hydrogens is 432 g/mol. The van der Waals surface area contributed by atoms with Crippen LogP contribution in [0.4, 0.5) is 5.82 Å². The van der Waals surface area contributed by atoms with Crippen molar-refractivity contribution in [2.75, 3.05) is 18.9 Å². The molecule has 0 radical (unpaired) electrons. The number of hydrogen-bond acceptors (Lipinski definition) is 7. The molecule has 9 heteroatoms. The second-order valence-corrected chi connectivity index (χ2v) is 8.79. The topological polar surface area (TPSA) is 86.9 Å². The Morgan fingerprint density at radius 3 is 2.65 bits per heavy atom. The SMILES string of the molecule is Cc1cccn2c(=O)c(/C=C3\SC(=S)N(C)C3=O)c(NCC(O)c3ccccc3)nc12. The summed E-state index contributed by atoms with van der Waals surface area (Å²) in [5, 5.41) is 13.6. The van der Waals surface area contributed by atoms with Crippen LogP contribution in [0.2, 0.25) is 0 Å². The lowest BCUT2D eigenvalue weighted by atomic mass is 10.1. The van der Waals surface area contributed by atoms with E-state index in [1.165, 1.54) is 15.4 Å². The van der Waals surface area contributed by atoms with Gasteiger partial charge in [0, 0.05) is 19.8 Å². The summed E-state index contributed by atoms with van der Waals surface area (Å²) in [5.41, 5.74) is 2.00. The normalized spacial score (nSPS) is 16.4. The Labute approximate surface area is 188 Å². The third kappa shape index (κ3) is 4.12. The van der Waals surface area contributed by atoms with Crippen molar-refractivity contribution in [2.24, 2.45) is 0 Å². The van der Waals surface area contributed by atoms with Gasteiger partial charge in [-0.2, -0.15) is 0 Å². The van der Waals surface area contributed by atoms with Crippen LogP contribution in [0.25, 0.3) is 11.7 Å². The highest BCUT2D eigenvalue weighted by Crippen LogP contribution is 2.32. The van der Waals surface area contributed by atoms with Gasteiger partial charge in [0.05, 0.1) is 16.6 Å². The molecule has 31 heavy (non-hydrogen) atoms. The molecule has 0 bridgehead atoms. The van der Waals surface area contributed by atoms with Crippen LogP contribution in [0.1, 0.15) is 22.8 Å². The molecule has 158 valence electrons. The zero-order valence-electron chi connectivity index (χ0n) is 16.9. The minimum atomic E-state index is -0.792. The Morgan fingerprint density at radius 2 is 1.97 bits per heavy atom. The maximum atomic E-state index is 13.3. The van der Waals surface area contributed by atoms with E-state index in [9.17, 15) is 14.7 Å². The molecular formula is C22H20N4O3S2. The van der Waals surface area contributed by atoms with Crippen LogP contribution in [0.5, 0.6) is 0 Å². The van der Waals surface area contributed by atoms with Gasteiger partial charge < -0.3 is 10.4 Å². The molecule has 1 atom stereocenters. The zero-order chi connectivity index (χ0) is 22.1. The molecule has 1 saturated heterocycles. The van der Waals surface area contributed by atoms with E-state index in [0.29, 0.717) is 20.7 Å². The molecule has 0 aliphatic carbocycles. The van der Waals surface area contributed by atoms with Crippen molar-refractivity contribution in [1.29, 1.82) is 0 Å². The molecule has 7 nitrogen and oxygen atoms in total. The number of nitrogens with one attached hydrogen (secondary N) is 1. The molecule has 1 aromatic carbocycles. The Hall–Kier alpha value is -3.01. The van der Waals surface area contributed by atoms with E-state index in [1.807, 2.05) is 43.3 Å². The number of aromatic nitrogens is 2. The number of thiocarbonyl (C=S) groups is 1. The molecule has 1 amide bonds. The van der Waals surface area contributed by atoms with Crippen molar-refractivity contribution >= 4 is 51.7 Å². The molecule has 3 aromatic rings. The van der Waals surface area contributed by atoms with Gasteiger partial charge in [0.2, 0.25) is 0 Å². The minimum Gasteiger partial charge on any atom is -0.387 e. The number of amides is 1. The highest BCUT2D eigenvalue weighted by atomic mass is 32.2. The van der Waals surface area contributed by atoms with Crippen LogP contribution in [0.15, 0.2) is 58.4 Å². The fourth-order valence-electron chi connectivity index (χ4n) is 3.24. The van der Waals surface area contributed by atoms with Crippen LogP contribution in [-0.2, 0) is 4.79 Å². The first kappa shape index (κ1) is 21.2. The van der Waals surface area contributed by atoms with Crippen LogP contribution >= 0.6 is 24.0 Å². The van der Waals surface area contributed by atoms with Crippen LogP contribution in [0, 0.1) is 6.92 Å². The highest BCUT2D eigenvalue weighted by Gasteiger charge is 2.29. The van der Waals surface area contributed by atoms with E-state index in [4.69, 9.17) is 12.2 Å². The van der Waals surface area contributed by atoms with E-state index in [1.54, 1.807) is 19.3 Å². The van der Waals surface area contributed by atoms with Gasteiger partial charge in [0.15, 0.2) is 0 Å². The van der Waals surface area contributed by atoms with Crippen molar-refractivity contribution < 1.29 is 9.90 Å². The largest absolute Gasteiger partial charge is 0.387 e. The fraction of sp³-hybridized carbons (Fsp3) is 0.182. The van der Waals surface area contributed by atoms with Crippen LogP contribution in [-0.4, -0.2) is 43.2 Å². The number of thioether (sulfide) groups is 1. The van der Waals surface area contributed by atoms with Crippen molar-refractivity contribution in [3.8, 4) is 0 Å². The number of anilines is 1. The number of benzene rings is 1. The molecule has 1 aliphatic heterocycles. The first-order valence-electron chi connectivity index (χ1n) is 9.57. The number of carbonyl (C=O) groups excluding carboxylic acids is 1. The summed E-state index contributed by atoms with van der Waals surface area (Å²) in [6, 6.07) is 12.9. The van der Waals surface area contributed by atoms with Gasteiger partial charge in [-0.25, -0.2) is 4.98 Å². The second kappa shape index (κ2) is 8.62. The molecule has 1 fully saturated rings. The van der Waals surface area contributed by atoms with Crippen molar-refractivity contribution in [1.82, 2.24) is 14.3 Å². The van der Waals surface area contributed by atoms with Gasteiger partial charge in [-0.05, 0) is 30.2 Å². The van der Waals surface area contributed by atoms with E-state index in [0.717, 1.165) is 22.9 Å². The number of hydrogen-bond donors (Lipinski definition) is 2. The summed E-state index contributed by atoms with van der Waals surface area (Å²) < 4.78 is 1.88. The number of aryl methyl sites for hydroxylation is 1. The number of fused-ring (bicyclic) bond motifs is 1. The lowest BCUT2D eigenvalue weighted by Crippen LogP contribution is -2.24. The van der Waals surface area contributed by atoms with Gasteiger partial charge in [-0.3, -0.25) is 18.9 Å². The number of likely N-dealkylation sites (N-methyl/N-ethyl adjacent to an activating group) is 1. The molecule has 2 N–H and O–H groups in total. The Morgan fingerprint density at radius 1 is 1.23 bits per heavy atom. The number of aliphatic hydroxyl groups is 1. The summed E-state index contributed by atoms with van der Waals surface area (Å²) in [6.07, 6.45) is 2.37. The first-order chi connectivity index (χ1) is 14.9. The third-order valence-corrected chi connectivity index (χ3v) is 6.48. The average Bonchev–Trinajstić information content (AvgIpc) is 3.02. The maximum absolute atomic E-state index is 13.3. The number of pyridine rings is 1. The van der Waals surface area contributed by atoms with Crippen LogP contribution < -0.4 is 10.9 Å². The predicted octanol–water partition coefficient (Wildman–Crippen LogP) is 2.98. The van der Waals surface area contributed by atoms with E-state index in [2.05, 4.69) is 10.3 Å². The number of nitrogens with zero attached hydrogens (tertiary/aromatic N) is 3. The molecule has 1 aliphatic rings. The summed E-state index contributed by atoms with van der Waals surface area (Å²) in [5.74, 6) is 0.0367. The van der Waals surface area contributed by atoms with Gasteiger partial charge in [-0.1, -0.05) is 60.4 Å². The van der Waals surface area contributed by atoms with Crippen molar-refractivity contribution in [3.63, 3.8) is 0 Å². The predicted molar refractivity (Wildman–Crippen MR) is 127 cm³/mol. The summed E-state index contributed by atoms with van der Waals surface area (Å²) in [7, 11) is 1.60. The Balaban J connectivity index is 1.78. The fourth-order valence-corrected chi connectivity index (χ4v) is 4.40. The maximum Gasteiger partial charge on any atom is 0.267 e. The molecule has 0 saturated carbocycles. The van der Waals surface area contributed by atoms with Crippen LogP contribution in [0.3, 0.4) is 0 Å². The Kier molecular flexibility index (Phi) is 5.90. The van der Waals surface area contributed by atoms with Gasteiger partial charge in [0.25, 0.3) is 11.5 Å². The zero-order valence-corrected chi connectivity index (χ0v) is 18.5. The average molecular weight is 453 g/mol. The number of aliphatic hydroxyl groups excluding tert-OH is 1. The molecule has 0 spiro atoms. The molecule has 2 aromatic heterocycles. The van der Waals surface area contributed by atoms with E-state index in [-0.39, 0.29) is 23.6 Å². The van der Waals surface area contributed by atoms with Gasteiger partial charge >= 0.3 is 0 Å². The van der Waals surface area contributed by atoms with Crippen molar-refractivity contribution in [2.45, 2.75) is 13.0 Å². The lowest BCUT2D eigenvalue weighted by Gasteiger charge is -2.15. The molecule has 4 rings (SSSR count). The molecule has 1 unspecified atom stereocenters. The monoisotopic (exact) mass is 452 g/mol. The van der Waals surface area contributed by atoms with Gasteiger partial charge in [-0.15, -0.1) is 0 Å². The minimum absolute atomic E-state index is 0.147. The first-order valence-corrected chi connectivity index (χ1v) is 10.8. The third-order valence-electron chi connectivity index (χ3n) is 4.99. The number of carbonyl (C=O) groups is 1. The summed E-state index contributed by atoms with van der Waals surface area (Å²) in [6.45, 7) is 2.01. The summed E-state index contributed by atoms with van der Waals surface area (Å²) in [4.78, 5) is 32.1. The standard InChI is InChI=1S/C22H20N4O3S2/c1-13-7-6-10-26-19(13)24-18(23-12-16(27)14-8-4-3-5-9-14)15(20(26)28)11-17-21(29)25(2)22(30)31-17/h3-11,16,23,27H,12H2,1-2H3/b17-11-. The molecule has 3 heterocycles. The van der Waals surface area contributed by atoms with E-state index >= 15 is 0 Å². The lowest BCUT2D eigenvalue weighted by molar-refractivity contribution is -0.121. The second-order valence-electron chi connectivity index (χ2n) is 7.11. The Bertz CT molecular complexity index is 1270. The van der Waals surface area contributed by atoms with E-state index < -0.39 is 6.10 Å². The quantitative estimate of drug-likeness (QED) is 0.455. The summed E-state index contributed by atoms with van der Waals surface area (Å²) >= 11 is 6.33. The number of rotatable bonds is 5. The smallest absolute Gasteiger partial charge is 0.267 e. The van der Waals surface area contributed by atoms with Crippen molar-refractivity contribution in [3.05, 3.63) is 80.6 Å².